The lowest BCUT2D eigenvalue weighted by Crippen LogP contribution is -2.42. The zero-order valence-electron chi connectivity index (χ0n) is 14.3. The molecule has 2 amide bonds. The Morgan fingerprint density at radius 3 is 2.67 bits per heavy atom. The van der Waals surface area contributed by atoms with Gasteiger partial charge in [-0.25, -0.2) is 4.79 Å². The van der Waals surface area contributed by atoms with Gasteiger partial charge in [0.1, 0.15) is 5.75 Å². The van der Waals surface area contributed by atoms with Gasteiger partial charge in [0.05, 0.1) is 12.5 Å². The number of hydrogen-bond donors (Lipinski definition) is 2. The van der Waals surface area contributed by atoms with Crippen molar-refractivity contribution < 1.29 is 19.4 Å². The van der Waals surface area contributed by atoms with Gasteiger partial charge in [-0.3, -0.25) is 4.79 Å². The van der Waals surface area contributed by atoms with Gasteiger partial charge in [0.25, 0.3) is 0 Å². The number of carbonyl (C=O) groups excluding carboxylic acids is 1. The maximum atomic E-state index is 12.3. The summed E-state index contributed by atoms with van der Waals surface area (Å²) in [6.45, 7) is 5.87. The predicted octanol–water partition coefficient (Wildman–Crippen LogP) is 3.44. The summed E-state index contributed by atoms with van der Waals surface area (Å²) in [5.74, 6) is 0.202. The monoisotopic (exact) mass is 334 g/mol. The van der Waals surface area contributed by atoms with Crippen molar-refractivity contribution in [1.29, 1.82) is 0 Å². The molecule has 1 aliphatic rings. The number of carboxylic acid groups (broad SMARTS) is 1. The molecule has 0 bridgehead atoms. The van der Waals surface area contributed by atoms with Gasteiger partial charge in [0.15, 0.2) is 0 Å². The Balaban J connectivity index is 1.84. The number of anilines is 1. The maximum Gasteiger partial charge on any atom is 0.321 e. The molecule has 0 aliphatic carbocycles. The third-order valence-electron chi connectivity index (χ3n) is 4.18. The number of piperidine rings is 1. The molecule has 0 atom stereocenters. The summed E-state index contributed by atoms with van der Waals surface area (Å²) < 4.78 is 5.69. The number of nitrogens with zero attached hydrogens (tertiary/aromatic N) is 1. The first kappa shape index (κ1) is 18.1. The first-order valence-electron chi connectivity index (χ1n) is 8.47. The summed E-state index contributed by atoms with van der Waals surface area (Å²) in [5.41, 5.74) is 0.683. The van der Waals surface area contributed by atoms with Crippen LogP contribution < -0.4 is 10.1 Å². The second-order valence-corrected chi connectivity index (χ2v) is 6.59. The predicted molar refractivity (Wildman–Crippen MR) is 92.3 cm³/mol. The van der Waals surface area contributed by atoms with Gasteiger partial charge in [-0.05, 0) is 37.3 Å². The first-order chi connectivity index (χ1) is 11.5. The lowest BCUT2D eigenvalue weighted by Gasteiger charge is -2.30. The molecular formula is C18H26N2O4. The van der Waals surface area contributed by atoms with E-state index in [1.165, 1.54) is 0 Å². The average molecular weight is 334 g/mol. The van der Waals surface area contributed by atoms with E-state index >= 15 is 0 Å². The normalized spacial score (nSPS) is 15.4. The number of ether oxygens (including phenoxy) is 1. The van der Waals surface area contributed by atoms with E-state index in [4.69, 9.17) is 9.84 Å². The molecule has 1 aliphatic heterocycles. The van der Waals surface area contributed by atoms with Crippen LogP contribution in [0.3, 0.4) is 0 Å². The Kier molecular flexibility index (Phi) is 6.46. The first-order valence-corrected chi connectivity index (χ1v) is 8.47. The number of amides is 2. The highest BCUT2D eigenvalue weighted by molar-refractivity contribution is 5.89. The fourth-order valence-electron chi connectivity index (χ4n) is 2.61. The minimum absolute atomic E-state index is 0.196. The number of urea groups is 1. The van der Waals surface area contributed by atoms with Crippen LogP contribution in [0, 0.1) is 11.8 Å². The van der Waals surface area contributed by atoms with Crippen molar-refractivity contribution in [2.24, 2.45) is 11.8 Å². The van der Waals surface area contributed by atoms with Crippen LogP contribution in [0.25, 0.3) is 0 Å². The minimum atomic E-state index is -0.777. The average Bonchev–Trinajstić information content (AvgIpc) is 2.55. The number of carboxylic acids is 1. The van der Waals surface area contributed by atoms with Crippen LogP contribution in [0.2, 0.25) is 0 Å². The smallest absolute Gasteiger partial charge is 0.321 e. The molecule has 0 radical (unpaired) electrons. The maximum absolute atomic E-state index is 12.3. The second kappa shape index (κ2) is 8.57. The Labute approximate surface area is 142 Å². The number of hydrogen-bond acceptors (Lipinski definition) is 3. The Morgan fingerprint density at radius 2 is 2.04 bits per heavy atom. The summed E-state index contributed by atoms with van der Waals surface area (Å²) in [5, 5.41) is 11.9. The lowest BCUT2D eigenvalue weighted by atomic mass is 9.97. The van der Waals surface area contributed by atoms with E-state index in [1.807, 2.05) is 24.3 Å². The van der Waals surface area contributed by atoms with Gasteiger partial charge < -0.3 is 20.1 Å². The summed E-state index contributed by atoms with van der Waals surface area (Å²) in [7, 11) is 0. The number of carbonyl (C=O) groups is 2. The molecular weight excluding hydrogens is 308 g/mol. The molecule has 6 heteroatoms. The Morgan fingerprint density at radius 1 is 1.33 bits per heavy atom. The molecule has 132 valence electrons. The zero-order chi connectivity index (χ0) is 17.5. The molecule has 1 heterocycles. The van der Waals surface area contributed by atoms with E-state index in [1.54, 1.807) is 4.90 Å². The molecule has 1 aromatic carbocycles. The van der Waals surface area contributed by atoms with Gasteiger partial charge in [0.2, 0.25) is 0 Å². The highest BCUT2D eigenvalue weighted by Gasteiger charge is 2.26. The molecule has 0 aromatic heterocycles. The van der Waals surface area contributed by atoms with Gasteiger partial charge in [-0.15, -0.1) is 0 Å². The van der Waals surface area contributed by atoms with E-state index in [0.717, 1.165) is 12.2 Å². The molecule has 2 rings (SSSR count). The van der Waals surface area contributed by atoms with Crippen LogP contribution in [0.1, 0.15) is 33.1 Å². The van der Waals surface area contributed by atoms with Gasteiger partial charge >= 0.3 is 12.0 Å². The van der Waals surface area contributed by atoms with Crippen LogP contribution >= 0.6 is 0 Å². The van der Waals surface area contributed by atoms with E-state index in [0.29, 0.717) is 44.1 Å². The van der Waals surface area contributed by atoms with Crippen LogP contribution in [0.5, 0.6) is 5.75 Å². The van der Waals surface area contributed by atoms with Crippen molar-refractivity contribution in [3.8, 4) is 5.75 Å². The number of benzene rings is 1. The SMILES string of the molecule is CC(C)CCOc1cccc(NC(=O)N2CCC(C(=O)O)CC2)c1. The van der Waals surface area contributed by atoms with E-state index in [2.05, 4.69) is 19.2 Å². The fourth-order valence-corrected chi connectivity index (χ4v) is 2.61. The lowest BCUT2D eigenvalue weighted by molar-refractivity contribution is -0.143. The Hall–Kier alpha value is -2.24. The summed E-state index contributed by atoms with van der Waals surface area (Å²) in [6, 6.07) is 7.14. The molecule has 24 heavy (non-hydrogen) atoms. The van der Waals surface area contributed by atoms with Gasteiger partial charge in [-0.2, -0.15) is 0 Å². The number of aliphatic carboxylic acids is 1. The molecule has 2 N–H and O–H groups in total. The fraction of sp³-hybridized carbons (Fsp3) is 0.556. The third-order valence-corrected chi connectivity index (χ3v) is 4.18. The van der Waals surface area contributed by atoms with Crippen LogP contribution in [0.15, 0.2) is 24.3 Å². The number of nitrogens with one attached hydrogen (secondary N) is 1. The standard InChI is InChI=1S/C18H26N2O4/c1-13(2)8-11-24-16-5-3-4-15(12-16)19-18(23)20-9-6-14(7-10-20)17(21)22/h3-5,12-14H,6-11H2,1-2H3,(H,19,23)(H,21,22). The van der Waals surface area contributed by atoms with E-state index in [-0.39, 0.29) is 11.9 Å². The number of rotatable bonds is 6. The van der Waals surface area contributed by atoms with Gasteiger partial charge in [0, 0.05) is 24.8 Å². The highest BCUT2D eigenvalue weighted by Crippen LogP contribution is 2.21. The van der Waals surface area contributed by atoms with Crippen molar-refractivity contribution in [3.05, 3.63) is 24.3 Å². The molecule has 1 fully saturated rings. The topological polar surface area (TPSA) is 78.9 Å². The van der Waals surface area contributed by atoms with Crippen molar-refractivity contribution in [1.82, 2.24) is 4.90 Å². The summed E-state index contributed by atoms with van der Waals surface area (Å²) in [6.07, 6.45) is 1.98. The van der Waals surface area contributed by atoms with Crippen molar-refractivity contribution in [2.45, 2.75) is 33.1 Å². The minimum Gasteiger partial charge on any atom is -0.494 e. The third kappa shape index (κ3) is 5.44. The van der Waals surface area contributed by atoms with E-state index in [9.17, 15) is 9.59 Å². The van der Waals surface area contributed by atoms with Crippen LogP contribution in [0.4, 0.5) is 10.5 Å². The largest absolute Gasteiger partial charge is 0.494 e. The van der Waals surface area contributed by atoms with Crippen molar-refractivity contribution >= 4 is 17.7 Å². The molecule has 0 unspecified atom stereocenters. The summed E-state index contributed by atoms with van der Waals surface area (Å²) in [4.78, 5) is 24.9. The van der Waals surface area contributed by atoms with E-state index < -0.39 is 5.97 Å². The quantitative estimate of drug-likeness (QED) is 0.835. The van der Waals surface area contributed by atoms with Crippen molar-refractivity contribution in [2.75, 3.05) is 25.0 Å². The molecule has 6 nitrogen and oxygen atoms in total. The molecule has 1 aromatic rings. The van der Waals surface area contributed by atoms with Gasteiger partial charge in [-0.1, -0.05) is 19.9 Å². The van der Waals surface area contributed by atoms with Crippen LogP contribution in [-0.2, 0) is 4.79 Å². The molecule has 1 saturated heterocycles. The van der Waals surface area contributed by atoms with Crippen molar-refractivity contribution in [3.63, 3.8) is 0 Å². The molecule has 0 spiro atoms. The summed E-state index contributed by atoms with van der Waals surface area (Å²) >= 11 is 0. The molecule has 0 saturated carbocycles. The second-order valence-electron chi connectivity index (χ2n) is 6.59. The van der Waals surface area contributed by atoms with Crippen LogP contribution in [-0.4, -0.2) is 41.7 Å². The Bertz CT molecular complexity index is 566. The number of likely N-dealkylation sites (tertiary alicyclic amines) is 1. The zero-order valence-corrected chi connectivity index (χ0v) is 14.3. The highest BCUT2D eigenvalue weighted by atomic mass is 16.5.